The van der Waals surface area contributed by atoms with Crippen LogP contribution in [0.3, 0.4) is 0 Å². The molecule has 2 saturated heterocycles. The Hall–Kier alpha value is -5.11. The van der Waals surface area contributed by atoms with Gasteiger partial charge in [0.25, 0.3) is 0 Å². The van der Waals surface area contributed by atoms with Gasteiger partial charge in [-0.05, 0) is 151 Å². The Morgan fingerprint density at radius 3 is 1.27 bits per heavy atom. The zero-order chi connectivity index (χ0) is 58.1. The van der Waals surface area contributed by atoms with E-state index in [4.69, 9.17) is 27.5 Å². The zero-order valence-corrected chi connectivity index (χ0v) is 52.8. The van der Waals surface area contributed by atoms with Crippen LogP contribution in [-0.4, -0.2) is 36.6 Å². The molecule has 79 heavy (non-hydrogen) atoms. The van der Waals surface area contributed by atoms with Crippen LogP contribution in [0.15, 0.2) is 99.8 Å². The van der Waals surface area contributed by atoms with Crippen molar-refractivity contribution >= 4 is 69.0 Å². The number of rotatable bonds is 6. The molecule has 0 bridgehead atoms. The fourth-order valence-corrected chi connectivity index (χ4v) is 12.0. The molecule has 416 valence electrons. The van der Waals surface area contributed by atoms with Crippen molar-refractivity contribution in [2.45, 2.75) is 228 Å². The van der Waals surface area contributed by atoms with Crippen LogP contribution in [-0.2, 0) is 51.1 Å². The van der Waals surface area contributed by atoms with E-state index in [-0.39, 0.29) is 27.1 Å². The molecule has 0 aliphatic carbocycles. The summed E-state index contributed by atoms with van der Waals surface area (Å²) in [5, 5.41) is 4.33. The molecule has 6 nitrogen and oxygen atoms in total. The van der Waals surface area contributed by atoms with Crippen LogP contribution in [0, 0.1) is 0 Å². The van der Waals surface area contributed by atoms with E-state index in [0.717, 1.165) is 93.7 Å². The average molecular weight is 1060 g/mol. The van der Waals surface area contributed by atoms with Crippen LogP contribution in [0.2, 0.25) is 0 Å². The predicted molar refractivity (Wildman–Crippen MR) is 335 cm³/mol. The second-order valence-corrected chi connectivity index (χ2v) is 31.2. The number of fused-ring (bicyclic) bond motifs is 6. The minimum absolute atomic E-state index is 0.115. The molecule has 0 amide bonds. The molecule has 4 heterocycles. The lowest BCUT2D eigenvalue weighted by molar-refractivity contribution is 0.00578. The van der Waals surface area contributed by atoms with Gasteiger partial charge in [-0.25, -0.2) is 0 Å². The fourth-order valence-electron chi connectivity index (χ4n) is 12.0. The second-order valence-electron chi connectivity index (χ2n) is 31.2. The van der Waals surface area contributed by atoms with Gasteiger partial charge in [0, 0.05) is 49.2 Å². The Morgan fingerprint density at radius 1 is 0.342 bits per heavy atom. The molecule has 8 heteroatoms. The summed E-state index contributed by atoms with van der Waals surface area (Å²) in [4.78, 5) is 0. The molecule has 0 atom stereocenters. The topological polar surface area (TPSA) is 63.2 Å². The Bertz CT molecular complexity index is 3680. The maximum Gasteiger partial charge on any atom is 0.495 e. The van der Waals surface area contributed by atoms with E-state index in [9.17, 15) is 0 Å². The quantitative estimate of drug-likeness (QED) is 0.155. The van der Waals surface area contributed by atoms with Crippen molar-refractivity contribution in [3.8, 4) is 22.3 Å². The van der Waals surface area contributed by atoms with Crippen LogP contribution in [0.4, 0.5) is 0 Å². The Kier molecular flexibility index (Phi) is 13.0. The monoisotopic (exact) mass is 1060 g/mol. The van der Waals surface area contributed by atoms with Crippen molar-refractivity contribution in [1.29, 1.82) is 0 Å². The van der Waals surface area contributed by atoms with Crippen molar-refractivity contribution in [1.82, 2.24) is 0 Å². The maximum absolute atomic E-state index is 7.53. The van der Waals surface area contributed by atoms with Gasteiger partial charge in [-0.3, -0.25) is 0 Å². The van der Waals surface area contributed by atoms with Crippen LogP contribution >= 0.6 is 0 Å². The van der Waals surface area contributed by atoms with E-state index in [0.29, 0.717) is 0 Å². The SMILES string of the molecule is CC(C)(C)c1cc(C(C)(C)C)c2oc3c(C(C)(C)c4ccc(-c5c(B6OC(C)(C)C(C)(C)O6)cc(C(C)(C)C)c6oc7c(C(C)(C)C)cc(-c8ccccc8)cc7c56)cc4)cc(C(C)(C)C)c(B4OC(C)(C)C(C)(C)O4)c3c2c1. The molecular weight excluding hydrogens is 970 g/mol. The highest BCUT2D eigenvalue weighted by molar-refractivity contribution is 6.67. The summed E-state index contributed by atoms with van der Waals surface area (Å²) in [7, 11) is -1.25. The smallest absolute Gasteiger partial charge is 0.455 e. The van der Waals surface area contributed by atoms with Gasteiger partial charge in [0.05, 0.1) is 22.4 Å². The molecule has 2 aliphatic rings. The van der Waals surface area contributed by atoms with Crippen LogP contribution < -0.4 is 10.9 Å². The number of benzene rings is 6. The van der Waals surface area contributed by atoms with Crippen LogP contribution in [0.1, 0.15) is 212 Å². The first-order chi connectivity index (χ1) is 36.0. The third kappa shape index (κ3) is 9.45. The third-order valence-electron chi connectivity index (χ3n) is 18.5. The fraction of sp³-hybridized carbons (Fsp3) is 0.493. The summed E-state index contributed by atoms with van der Waals surface area (Å²) in [5.41, 5.74) is 14.4. The minimum atomic E-state index is -0.637. The standard InChI is InChI=1S/C71H90B2O6/c1-62(2,3)45-37-47-56-57(73-78-70(22,23)71(24,25)79-73)48(63(4,5)6)39-52(61(56)75-59(47)50(38-45)65(10,11)12)67(16,17)44-33-31-42(32-34-44)54-53(72-76-68(18,19)69(20,21)77-72)40-51(66(13,14)15)60-55(54)46-35-43(41-29-27-26-28-30-41)36-49(58(46)74-60)64(7,8)9/h26-40H,1-25H3. The molecule has 0 spiro atoms. The first-order valence-electron chi connectivity index (χ1n) is 29.1. The molecule has 2 aromatic heterocycles. The molecule has 2 fully saturated rings. The molecular formula is C71H90B2O6. The molecule has 6 aromatic carbocycles. The summed E-state index contributed by atoms with van der Waals surface area (Å²) in [5.74, 6) is 0. The first kappa shape index (κ1) is 57.1. The Balaban J connectivity index is 1.27. The van der Waals surface area contributed by atoms with E-state index < -0.39 is 42.1 Å². The molecule has 8 aromatic rings. The lowest BCUT2D eigenvalue weighted by Gasteiger charge is -2.32. The Morgan fingerprint density at radius 2 is 0.785 bits per heavy atom. The minimum Gasteiger partial charge on any atom is -0.455 e. The zero-order valence-electron chi connectivity index (χ0n) is 52.8. The normalized spacial score (nSPS) is 18.1. The number of furan rings is 2. The second kappa shape index (κ2) is 17.9. The van der Waals surface area contributed by atoms with Crippen LogP contribution in [0.25, 0.3) is 66.1 Å². The van der Waals surface area contributed by atoms with Gasteiger partial charge in [-0.15, -0.1) is 0 Å². The summed E-state index contributed by atoms with van der Waals surface area (Å²) in [6, 6.07) is 34.2. The van der Waals surface area contributed by atoms with Crippen molar-refractivity contribution in [2.75, 3.05) is 0 Å². The van der Waals surface area contributed by atoms with Gasteiger partial charge in [-0.1, -0.05) is 190 Å². The highest BCUT2D eigenvalue weighted by Gasteiger charge is 2.55. The van der Waals surface area contributed by atoms with E-state index in [2.05, 4.69) is 264 Å². The number of hydrogen-bond donors (Lipinski definition) is 0. The van der Waals surface area contributed by atoms with Gasteiger partial charge in [0.2, 0.25) is 0 Å². The largest absolute Gasteiger partial charge is 0.495 e. The Labute approximate surface area is 474 Å². The van der Waals surface area contributed by atoms with Crippen molar-refractivity contribution in [2.24, 2.45) is 0 Å². The molecule has 0 N–H and O–H groups in total. The summed E-state index contributed by atoms with van der Waals surface area (Å²) >= 11 is 0. The maximum atomic E-state index is 7.53. The summed E-state index contributed by atoms with van der Waals surface area (Å²) < 4.78 is 43.2. The molecule has 0 unspecified atom stereocenters. The molecule has 10 rings (SSSR count). The molecule has 0 radical (unpaired) electrons. The average Bonchev–Trinajstić information content (AvgIpc) is 3.46. The van der Waals surface area contributed by atoms with E-state index >= 15 is 0 Å². The van der Waals surface area contributed by atoms with Gasteiger partial charge in [-0.2, -0.15) is 0 Å². The molecule has 2 aliphatic heterocycles. The lowest BCUT2D eigenvalue weighted by atomic mass is 9.65. The highest BCUT2D eigenvalue weighted by atomic mass is 16.7. The first-order valence-corrected chi connectivity index (χ1v) is 29.1. The highest BCUT2D eigenvalue weighted by Crippen LogP contribution is 2.50. The predicted octanol–water partition coefficient (Wildman–Crippen LogP) is 18.2. The van der Waals surface area contributed by atoms with Crippen molar-refractivity contribution in [3.63, 3.8) is 0 Å². The lowest BCUT2D eigenvalue weighted by Crippen LogP contribution is -2.41. The van der Waals surface area contributed by atoms with E-state index in [1.165, 1.54) is 22.3 Å². The summed E-state index contributed by atoms with van der Waals surface area (Å²) in [6.07, 6.45) is 0. The van der Waals surface area contributed by atoms with Gasteiger partial charge >= 0.3 is 14.2 Å². The van der Waals surface area contributed by atoms with Gasteiger partial charge in [0.15, 0.2) is 0 Å². The van der Waals surface area contributed by atoms with Gasteiger partial charge < -0.3 is 27.5 Å². The van der Waals surface area contributed by atoms with E-state index in [1.54, 1.807) is 0 Å². The third-order valence-corrected chi connectivity index (χ3v) is 18.5. The van der Waals surface area contributed by atoms with E-state index in [1.807, 2.05) is 0 Å². The van der Waals surface area contributed by atoms with Crippen LogP contribution in [0.5, 0.6) is 0 Å². The van der Waals surface area contributed by atoms with Crippen molar-refractivity contribution in [3.05, 3.63) is 130 Å². The van der Waals surface area contributed by atoms with Gasteiger partial charge in [0.1, 0.15) is 22.3 Å². The number of hydrogen-bond acceptors (Lipinski definition) is 6. The van der Waals surface area contributed by atoms with Crippen molar-refractivity contribution < 1.29 is 27.5 Å². The molecule has 0 saturated carbocycles. The summed E-state index contributed by atoms with van der Waals surface area (Å²) in [6.45, 7) is 56.3.